The largest absolute Gasteiger partial charge is 0.493 e. The van der Waals surface area contributed by atoms with Crippen molar-refractivity contribution in [2.75, 3.05) is 50.4 Å². The van der Waals surface area contributed by atoms with E-state index in [9.17, 15) is 4.79 Å². The smallest absolute Gasteiger partial charge is 0.323 e. The molecule has 176 valence electrons. The number of nitrogens with zero attached hydrogens (tertiary/aromatic N) is 2. The second-order valence-electron chi connectivity index (χ2n) is 8.34. The first-order chi connectivity index (χ1) is 16.5. The zero-order valence-electron chi connectivity index (χ0n) is 20.0. The van der Waals surface area contributed by atoms with Crippen molar-refractivity contribution in [3.8, 4) is 11.5 Å². The lowest BCUT2D eigenvalue weighted by Crippen LogP contribution is -2.19. The maximum absolute atomic E-state index is 12.4. The summed E-state index contributed by atoms with van der Waals surface area (Å²) in [4.78, 5) is 19.2. The molecule has 34 heavy (non-hydrogen) atoms. The minimum atomic E-state index is -0.281. The fraction of sp³-hybridized carbons (Fsp3) is 0.259. The number of hydrogen-bond donors (Lipinski definition) is 2. The molecule has 1 heterocycles. The van der Waals surface area contributed by atoms with Crippen molar-refractivity contribution in [1.82, 2.24) is 0 Å². The molecule has 0 radical (unpaired) electrons. The fourth-order valence-corrected chi connectivity index (χ4v) is 3.98. The average molecular weight is 459 g/mol. The molecule has 2 amide bonds. The number of urea groups is 1. The lowest BCUT2D eigenvalue weighted by molar-refractivity contribution is 0.262. The van der Waals surface area contributed by atoms with E-state index in [-0.39, 0.29) is 6.03 Å². The molecule has 0 saturated carbocycles. The van der Waals surface area contributed by atoms with Gasteiger partial charge in [-0.1, -0.05) is 12.1 Å². The van der Waals surface area contributed by atoms with Crippen LogP contribution in [0.1, 0.15) is 16.7 Å². The number of amides is 2. The number of carbonyl (C=O) groups is 1. The second-order valence-corrected chi connectivity index (χ2v) is 8.34. The lowest BCUT2D eigenvalue weighted by atomic mass is 9.93. The van der Waals surface area contributed by atoms with Gasteiger partial charge in [0.05, 0.1) is 14.2 Å². The standard InChI is InChI=1S/C27H30N4O3/c1-31(2)22-11-9-21(10-12-22)30-27(32)29-20-7-5-18(6-8-20)15-24-23-17-26(34-4)25(33-3)16-19(23)13-14-28-24/h5-12,16-17H,13-15H2,1-4H3,(H2,29,30,32). The van der Waals surface area contributed by atoms with Gasteiger partial charge in [-0.3, -0.25) is 4.99 Å². The van der Waals surface area contributed by atoms with E-state index in [0.29, 0.717) is 12.2 Å². The van der Waals surface area contributed by atoms with E-state index in [1.54, 1.807) is 14.2 Å². The molecular formula is C27H30N4O3. The van der Waals surface area contributed by atoms with Gasteiger partial charge in [0.15, 0.2) is 11.5 Å². The van der Waals surface area contributed by atoms with E-state index in [0.717, 1.165) is 52.6 Å². The van der Waals surface area contributed by atoms with Gasteiger partial charge in [-0.15, -0.1) is 0 Å². The number of methoxy groups -OCH3 is 2. The van der Waals surface area contributed by atoms with E-state index in [1.807, 2.05) is 79.7 Å². The number of benzene rings is 3. The Balaban J connectivity index is 1.40. The zero-order valence-corrected chi connectivity index (χ0v) is 20.0. The SMILES string of the molecule is COc1cc2c(cc1OC)C(Cc1ccc(NC(=O)Nc3ccc(N(C)C)cc3)cc1)=NCC2. The van der Waals surface area contributed by atoms with Crippen molar-refractivity contribution in [1.29, 1.82) is 0 Å². The van der Waals surface area contributed by atoms with Gasteiger partial charge in [0.25, 0.3) is 0 Å². The highest BCUT2D eigenvalue weighted by atomic mass is 16.5. The van der Waals surface area contributed by atoms with Crippen LogP contribution in [0.5, 0.6) is 11.5 Å². The molecule has 2 N–H and O–H groups in total. The summed E-state index contributed by atoms with van der Waals surface area (Å²) < 4.78 is 10.9. The summed E-state index contributed by atoms with van der Waals surface area (Å²) in [7, 11) is 7.25. The van der Waals surface area contributed by atoms with Gasteiger partial charge in [0.2, 0.25) is 0 Å². The van der Waals surface area contributed by atoms with Gasteiger partial charge in [0, 0.05) is 55.4 Å². The number of rotatable bonds is 7. The summed E-state index contributed by atoms with van der Waals surface area (Å²) in [6.07, 6.45) is 1.59. The number of aliphatic imine (C=N–C) groups is 1. The monoisotopic (exact) mass is 458 g/mol. The third-order valence-corrected chi connectivity index (χ3v) is 5.83. The summed E-state index contributed by atoms with van der Waals surface area (Å²) in [5, 5.41) is 5.74. The van der Waals surface area contributed by atoms with E-state index in [1.165, 1.54) is 5.56 Å². The Labute approximate surface area is 200 Å². The van der Waals surface area contributed by atoms with Crippen molar-refractivity contribution >= 4 is 28.8 Å². The van der Waals surface area contributed by atoms with Crippen molar-refractivity contribution in [3.05, 3.63) is 77.4 Å². The molecule has 0 spiro atoms. The highest BCUT2D eigenvalue weighted by molar-refractivity contribution is 6.04. The first-order valence-electron chi connectivity index (χ1n) is 11.2. The highest BCUT2D eigenvalue weighted by Gasteiger charge is 2.18. The third kappa shape index (κ3) is 5.31. The van der Waals surface area contributed by atoms with Crippen LogP contribution in [0.4, 0.5) is 21.9 Å². The maximum atomic E-state index is 12.4. The molecule has 7 nitrogen and oxygen atoms in total. The zero-order chi connectivity index (χ0) is 24.1. The molecule has 0 fully saturated rings. The highest BCUT2D eigenvalue weighted by Crippen LogP contribution is 2.33. The summed E-state index contributed by atoms with van der Waals surface area (Å²) >= 11 is 0. The van der Waals surface area contributed by atoms with Crippen LogP contribution in [0, 0.1) is 0 Å². The molecule has 7 heteroatoms. The van der Waals surface area contributed by atoms with Crippen LogP contribution in [-0.2, 0) is 12.8 Å². The Bertz CT molecular complexity index is 1190. The van der Waals surface area contributed by atoms with Crippen molar-refractivity contribution in [2.45, 2.75) is 12.8 Å². The normalized spacial score (nSPS) is 12.3. The van der Waals surface area contributed by atoms with E-state index >= 15 is 0 Å². The Hall–Kier alpha value is -4.00. The number of ether oxygens (including phenoxy) is 2. The average Bonchev–Trinajstić information content (AvgIpc) is 2.84. The van der Waals surface area contributed by atoms with Crippen LogP contribution in [0.25, 0.3) is 0 Å². The number of carbonyl (C=O) groups excluding carboxylic acids is 1. The molecule has 3 aromatic carbocycles. The number of fused-ring (bicyclic) bond motifs is 1. The molecule has 0 aromatic heterocycles. The van der Waals surface area contributed by atoms with Crippen LogP contribution in [-0.4, -0.2) is 46.6 Å². The summed E-state index contributed by atoms with van der Waals surface area (Å²) in [6, 6.07) is 19.3. The molecule has 1 aliphatic rings. The van der Waals surface area contributed by atoms with Crippen molar-refractivity contribution in [3.63, 3.8) is 0 Å². The summed E-state index contributed by atoms with van der Waals surface area (Å²) in [5.41, 5.74) is 7.00. The summed E-state index contributed by atoms with van der Waals surface area (Å²) in [5.74, 6) is 1.45. The number of nitrogens with one attached hydrogen (secondary N) is 2. The molecule has 0 atom stereocenters. The first kappa shape index (κ1) is 23.2. The van der Waals surface area contributed by atoms with Gasteiger partial charge in [-0.2, -0.15) is 0 Å². The van der Waals surface area contributed by atoms with Gasteiger partial charge < -0.3 is 25.0 Å². The minimum absolute atomic E-state index is 0.281. The van der Waals surface area contributed by atoms with Crippen LogP contribution >= 0.6 is 0 Å². The van der Waals surface area contributed by atoms with E-state index < -0.39 is 0 Å². The van der Waals surface area contributed by atoms with Gasteiger partial charge in [-0.25, -0.2) is 4.79 Å². The Kier molecular flexibility index (Phi) is 7.01. The fourth-order valence-electron chi connectivity index (χ4n) is 3.98. The second kappa shape index (κ2) is 10.3. The van der Waals surface area contributed by atoms with Crippen LogP contribution in [0.2, 0.25) is 0 Å². The molecule has 0 saturated heterocycles. The Morgan fingerprint density at radius 2 is 1.50 bits per heavy atom. The predicted octanol–water partition coefficient (Wildman–Crippen LogP) is 5.00. The molecule has 1 aliphatic heterocycles. The number of hydrogen-bond acceptors (Lipinski definition) is 5. The third-order valence-electron chi connectivity index (χ3n) is 5.83. The van der Waals surface area contributed by atoms with Crippen LogP contribution in [0.3, 0.4) is 0 Å². The van der Waals surface area contributed by atoms with Gasteiger partial charge in [-0.05, 0) is 66.1 Å². The Morgan fingerprint density at radius 3 is 2.09 bits per heavy atom. The topological polar surface area (TPSA) is 75.2 Å². The van der Waals surface area contributed by atoms with Gasteiger partial charge >= 0.3 is 6.03 Å². The number of anilines is 3. The molecule has 0 aliphatic carbocycles. The summed E-state index contributed by atoms with van der Waals surface area (Å²) in [6.45, 7) is 0.757. The van der Waals surface area contributed by atoms with Crippen LogP contribution < -0.4 is 25.0 Å². The maximum Gasteiger partial charge on any atom is 0.323 e. The minimum Gasteiger partial charge on any atom is -0.493 e. The van der Waals surface area contributed by atoms with E-state index in [4.69, 9.17) is 14.5 Å². The quantitative estimate of drug-likeness (QED) is 0.522. The first-order valence-corrected chi connectivity index (χ1v) is 11.2. The van der Waals surface area contributed by atoms with E-state index in [2.05, 4.69) is 10.6 Å². The molecule has 3 aromatic rings. The molecule has 0 bridgehead atoms. The Morgan fingerprint density at radius 1 is 0.912 bits per heavy atom. The van der Waals surface area contributed by atoms with Crippen LogP contribution in [0.15, 0.2) is 65.7 Å². The molecule has 4 rings (SSSR count). The predicted molar refractivity (Wildman–Crippen MR) is 138 cm³/mol. The lowest BCUT2D eigenvalue weighted by Gasteiger charge is -2.20. The molecular weight excluding hydrogens is 428 g/mol. The molecule has 0 unspecified atom stereocenters. The van der Waals surface area contributed by atoms with Crippen molar-refractivity contribution < 1.29 is 14.3 Å². The van der Waals surface area contributed by atoms with Crippen molar-refractivity contribution in [2.24, 2.45) is 4.99 Å². The van der Waals surface area contributed by atoms with Gasteiger partial charge in [0.1, 0.15) is 0 Å².